The molecule has 0 spiro atoms. The van der Waals surface area contributed by atoms with E-state index in [9.17, 15) is 17.6 Å². The van der Waals surface area contributed by atoms with Gasteiger partial charge in [0, 0.05) is 30.2 Å². The fraction of sp³-hybridized carbons (Fsp3) is 0.318. The van der Waals surface area contributed by atoms with Crippen LogP contribution in [-0.2, 0) is 21.4 Å². The van der Waals surface area contributed by atoms with E-state index in [-0.39, 0.29) is 29.8 Å². The Kier molecular flexibility index (Phi) is 6.91. The van der Waals surface area contributed by atoms with E-state index in [4.69, 9.17) is 4.52 Å². The first-order valence-corrected chi connectivity index (χ1v) is 12.6. The fourth-order valence-corrected chi connectivity index (χ4v) is 5.70. The fourth-order valence-electron chi connectivity index (χ4n) is 3.77. The van der Waals surface area contributed by atoms with Crippen molar-refractivity contribution < 1.29 is 22.1 Å². The lowest BCUT2D eigenvalue weighted by Gasteiger charge is -2.33. The van der Waals surface area contributed by atoms with E-state index in [0.717, 1.165) is 22.2 Å². The van der Waals surface area contributed by atoms with Crippen molar-refractivity contribution in [2.45, 2.75) is 24.3 Å². The van der Waals surface area contributed by atoms with Crippen molar-refractivity contribution in [1.29, 1.82) is 0 Å². The number of benzene rings is 2. The highest BCUT2D eigenvalue weighted by Crippen LogP contribution is 2.26. The van der Waals surface area contributed by atoms with Crippen LogP contribution in [0.5, 0.6) is 0 Å². The quantitative estimate of drug-likeness (QED) is 0.476. The minimum Gasteiger partial charge on any atom is -0.337 e. The normalized spacial score (nSPS) is 17.1. The summed E-state index contributed by atoms with van der Waals surface area (Å²) in [6.07, 6.45) is 1.13. The topological polar surface area (TPSA) is 96.6 Å². The summed E-state index contributed by atoms with van der Waals surface area (Å²) in [7, 11) is -2.19. The maximum atomic E-state index is 13.2. The first-order valence-electron chi connectivity index (χ1n) is 10.3. The molecule has 4 rings (SSSR count). The third-order valence-corrected chi connectivity index (χ3v) is 7.86. The molecular weight excluding hydrogens is 515 g/mol. The number of carbonyl (C=O) groups is 1. The summed E-state index contributed by atoms with van der Waals surface area (Å²) in [4.78, 5) is 18.9. The highest BCUT2D eigenvalue weighted by atomic mass is 79.9. The second-order valence-corrected chi connectivity index (χ2v) is 10.7. The zero-order chi connectivity index (χ0) is 23.6. The van der Waals surface area contributed by atoms with Gasteiger partial charge in [0.05, 0.1) is 17.4 Å². The highest BCUT2D eigenvalue weighted by Gasteiger charge is 2.34. The average Bonchev–Trinajstić information content (AvgIpc) is 3.27. The van der Waals surface area contributed by atoms with Gasteiger partial charge < -0.3 is 9.42 Å². The van der Waals surface area contributed by atoms with E-state index < -0.39 is 21.8 Å². The maximum Gasteiger partial charge on any atom is 0.246 e. The van der Waals surface area contributed by atoms with Crippen molar-refractivity contribution >= 4 is 31.9 Å². The lowest BCUT2D eigenvalue weighted by Crippen LogP contribution is -2.45. The van der Waals surface area contributed by atoms with Crippen LogP contribution >= 0.6 is 15.9 Å². The molecule has 2 aromatic carbocycles. The van der Waals surface area contributed by atoms with Crippen LogP contribution < -0.4 is 0 Å². The summed E-state index contributed by atoms with van der Waals surface area (Å²) in [5.41, 5.74) is 0.780. The zero-order valence-electron chi connectivity index (χ0n) is 17.8. The molecule has 8 nitrogen and oxygen atoms in total. The molecule has 1 atom stereocenters. The first kappa shape index (κ1) is 23.5. The second kappa shape index (κ2) is 9.70. The molecule has 1 aliphatic heterocycles. The Labute approximate surface area is 199 Å². The summed E-state index contributed by atoms with van der Waals surface area (Å²) >= 11 is 3.40. The SMILES string of the molecule is CN(Cc1nc(-c2cccc(Br)c2)no1)C(=O)[C@H]1CCCN(S(=O)(=O)c2ccc(F)cc2)C1. The summed E-state index contributed by atoms with van der Waals surface area (Å²) in [5.74, 6) is -0.497. The van der Waals surface area contributed by atoms with Gasteiger partial charge in [0.2, 0.25) is 27.6 Å². The van der Waals surface area contributed by atoms with Gasteiger partial charge in [0.25, 0.3) is 0 Å². The molecule has 0 radical (unpaired) electrons. The Bertz CT molecular complexity index is 1250. The molecule has 1 aromatic heterocycles. The lowest BCUT2D eigenvalue weighted by molar-refractivity contribution is -0.136. The predicted octanol–water partition coefficient (Wildman–Crippen LogP) is 3.70. The number of rotatable bonds is 6. The molecule has 0 aliphatic carbocycles. The maximum absolute atomic E-state index is 13.2. The molecule has 11 heteroatoms. The van der Waals surface area contributed by atoms with Gasteiger partial charge in [-0.25, -0.2) is 12.8 Å². The van der Waals surface area contributed by atoms with Crippen LogP contribution in [-0.4, -0.2) is 53.8 Å². The number of aromatic nitrogens is 2. The predicted molar refractivity (Wildman–Crippen MR) is 122 cm³/mol. The summed E-state index contributed by atoms with van der Waals surface area (Å²) < 4.78 is 46.5. The van der Waals surface area contributed by atoms with Crippen LogP contribution in [0.15, 0.2) is 62.4 Å². The minimum absolute atomic E-state index is 0.0105. The molecular formula is C22H22BrFN4O4S. The van der Waals surface area contributed by atoms with E-state index in [2.05, 4.69) is 26.1 Å². The number of halogens is 2. The summed E-state index contributed by atoms with van der Waals surface area (Å²) in [6, 6.07) is 12.2. The molecule has 2 heterocycles. The van der Waals surface area contributed by atoms with Crippen LogP contribution in [0.25, 0.3) is 11.4 Å². The van der Waals surface area contributed by atoms with E-state index in [1.807, 2.05) is 24.3 Å². The van der Waals surface area contributed by atoms with Crippen LogP contribution in [0, 0.1) is 11.7 Å². The van der Waals surface area contributed by atoms with Crippen LogP contribution in [0.2, 0.25) is 0 Å². The van der Waals surface area contributed by atoms with E-state index in [0.29, 0.717) is 25.2 Å². The number of hydrogen-bond donors (Lipinski definition) is 0. The molecule has 0 N–H and O–H groups in total. The average molecular weight is 537 g/mol. The molecule has 0 unspecified atom stereocenters. The van der Waals surface area contributed by atoms with Crippen molar-refractivity contribution in [2.75, 3.05) is 20.1 Å². The van der Waals surface area contributed by atoms with Gasteiger partial charge >= 0.3 is 0 Å². The van der Waals surface area contributed by atoms with Crippen molar-refractivity contribution in [3.05, 3.63) is 64.7 Å². The molecule has 3 aromatic rings. The number of amides is 1. The molecule has 0 saturated carbocycles. The van der Waals surface area contributed by atoms with Crippen LogP contribution in [0.4, 0.5) is 4.39 Å². The van der Waals surface area contributed by atoms with E-state index >= 15 is 0 Å². The standard InChI is InChI=1S/C22H22BrFN4O4S/c1-27(14-20-25-21(26-32-20)15-4-2-6-17(23)12-15)22(29)16-5-3-11-28(13-16)33(30,31)19-9-7-18(24)8-10-19/h2,4,6-10,12,16H,3,5,11,13-14H2,1H3/t16-/m0/s1. The molecule has 0 bridgehead atoms. The number of hydrogen-bond acceptors (Lipinski definition) is 6. The van der Waals surface area contributed by atoms with Gasteiger partial charge in [-0.1, -0.05) is 33.2 Å². The molecule has 1 amide bonds. The number of piperidine rings is 1. The Hall–Kier alpha value is -2.63. The van der Waals surface area contributed by atoms with Gasteiger partial charge in [-0.3, -0.25) is 4.79 Å². The van der Waals surface area contributed by atoms with Gasteiger partial charge in [-0.2, -0.15) is 9.29 Å². The summed E-state index contributed by atoms with van der Waals surface area (Å²) in [5, 5.41) is 3.98. The molecule has 1 aliphatic rings. The van der Waals surface area contributed by atoms with Crippen molar-refractivity contribution in [3.63, 3.8) is 0 Å². The highest BCUT2D eigenvalue weighted by molar-refractivity contribution is 9.10. The van der Waals surface area contributed by atoms with Gasteiger partial charge in [0.15, 0.2) is 0 Å². The molecule has 174 valence electrons. The smallest absolute Gasteiger partial charge is 0.246 e. The van der Waals surface area contributed by atoms with Crippen molar-refractivity contribution in [2.24, 2.45) is 5.92 Å². The summed E-state index contributed by atoms with van der Waals surface area (Å²) in [6.45, 7) is 0.490. The largest absolute Gasteiger partial charge is 0.337 e. The number of carbonyl (C=O) groups excluding carboxylic acids is 1. The minimum atomic E-state index is -3.81. The van der Waals surface area contributed by atoms with E-state index in [1.54, 1.807) is 7.05 Å². The second-order valence-electron chi connectivity index (χ2n) is 7.87. The van der Waals surface area contributed by atoms with Crippen molar-refractivity contribution in [1.82, 2.24) is 19.3 Å². The van der Waals surface area contributed by atoms with Gasteiger partial charge in [0.1, 0.15) is 5.82 Å². The Balaban J connectivity index is 1.42. The Morgan fingerprint density at radius 2 is 2.03 bits per heavy atom. The van der Waals surface area contributed by atoms with E-state index in [1.165, 1.54) is 21.3 Å². The van der Waals surface area contributed by atoms with Crippen molar-refractivity contribution in [3.8, 4) is 11.4 Å². The monoisotopic (exact) mass is 536 g/mol. The third-order valence-electron chi connectivity index (χ3n) is 5.48. The molecule has 1 saturated heterocycles. The zero-order valence-corrected chi connectivity index (χ0v) is 20.2. The molecule has 1 fully saturated rings. The van der Waals surface area contributed by atoms with Crippen LogP contribution in [0.3, 0.4) is 0 Å². The van der Waals surface area contributed by atoms with Gasteiger partial charge in [-0.05, 0) is 49.2 Å². The third kappa shape index (κ3) is 5.31. The first-order chi connectivity index (χ1) is 15.7. The lowest BCUT2D eigenvalue weighted by atomic mass is 9.98. The van der Waals surface area contributed by atoms with Gasteiger partial charge in [-0.15, -0.1) is 0 Å². The molecule has 33 heavy (non-hydrogen) atoms. The van der Waals surface area contributed by atoms with Crippen LogP contribution in [0.1, 0.15) is 18.7 Å². The number of nitrogens with zero attached hydrogens (tertiary/aromatic N) is 4. The Morgan fingerprint density at radius 3 is 2.76 bits per heavy atom. The number of sulfonamides is 1. The Morgan fingerprint density at radius 1 is 1.27 bits per heavy atom.